The molecular formula is C18H21N. The highest BCUT2D eigenvalue weighted by molar-refractivity contribution is 5.63. The van der Waals surface area contributed by atoms with Crippen molar-refractivity contribution in [3.63, 3.8) is 0 Å². The van der Waals surface area contributed by atoms with Crippen molar-refractivity contribution in [2.45, 2.75) is 19.3 Å². The fourth-order valence-electron chi connectivity index (χ4n) is 2.68. The van der Waals surface area contributed by atoms with Crippen molar-refractivity contribution in [3.8, 4) is 0 Å². The monoisotopic (exact) mass is 251 g/mol. The van der Waals surface area contributed by atoms with Gasteiger partial charge in [-0.2, -0.15) is 0 Å². The summed E-state index contributed by atoms with van der Waals surface area (Å²) in [4.78, 5) is 2.35. The van der Waals surface area contributed by atoms with E-state index in [1.165, 1.54) is 22.5 Å². The maximum absolute atomic E-state index is 3.89. The molecule has 98 valence electrons. The van der Waals surface area contributed by atoms with Crippen LogP contribution in [0.5, 0.6) is 0 Å². The topological polar surface area (TPSA) is 3.24 Å². The first kappa shape index (κ1) is 13.4. The summed E-state index contributed by atoms with van der Waals surface area (Å²) in [6, 6.07) is 8.60. The Kier molecular flexibility index (Phi) is 4.40. The molecule has 0 N–H and O–H groups in total. The summed E-state index contributed by atoms with van der Waals surface area (Å²) < 4.78 is 0. The number of hydrogen-bond acceptors (Lipinski definition) is 1. The zero-order valence-electron chi connectivity index (χ0n) is 11.4. The average molecular weight is 251 g/mol. The van der Waals surface area contributed by atoms with Crippen molar-refractivity contribution in [3.05, 3.63) is 79.1 Å². The maximum atomic E-state index is 3.89. The van der Waals surface area contributed by atoms with Crippen molar-refractivity contribution in [1.82, 2.24) is 0 Å². The van der Waals surface area contributed by atoms with E-state index in [-0.39, 0.29) is 0 Å². The fourth-order valence-corrected chi connectivity index (χ4v) is 2.68. The Labute approximate surface area is 116 Å². The molecule has 1 nitrogen and oxygen atoms in total. The largest absolute Gasteiger partial charge is 0.341 e. The first-order valence-corrected chi connectivity index (χ1v) is 6.70. The van der Waals surface area contributed by atoms with Crippen molar-refractivity contribution in [1.29, 1.82) is 0 Å². The van der Waals surface area contributed by atoms with E-state index < -0.39 is 0 Å². The number of anilines is 1. The van der Waals surface area contributed by atoms with E-state index in [0.717, 1.165) is 25.8 Å². The number of para-hydroxylation sites is 1. The third-order valence-electron chi connectivity index (χ3n) is 3.46. The number of fused-ring (bicyclic) bond motifs is 1. The molecule has 1 aromatic carbocycles. The molecule has 1 heterocycles. The lowest BCUT2D eigenvalue weighted by atomic mass is 9.92. The third-order valence-corrected chi connectivity index (χ3v) is 3.46. The van der Waals surface area contributed by atoms with Gasteiger partial charge in [0.05, 0.1) is 0 Å². The minimum absolute atomic E-state index is 0.834. The number of benzene rings is 1. The SMILES string of the molecule is C=CCC1=C(CC=C)N(CC=C)c2ccccc2C1. The van der Waals surface area contributed by atoms with Gasteiger partial charge in [-0.05, 0) is 30.0 Å². The molecule has 0 saturated heterocycles. The number of allylic oxidation sites excluding steroid dienone is 3. The first-order valence-electron chi connectivity index (χ1n) is 6.70. The van der Waals surface area contributed by atoms with Gasteiger partial charge in [0.2, 0.25) is 0 Å². The number of hydrogen-bond donors (Lipinski definition) is 0. The second-order valence-electron chi connectivity index (χ2n) is 4.74. The Morgan fingerprint density at radius 3 is 2.42 bits per heavy atom. The predicted octanol–water partition coefficient (Wildman–Crippen LogP) is 4.64. The second-order valence-corrected chi connectivity index (χ2v) is 4.74. The molecule has 1 aromatic rings. The van der Waals surface area contributed by atoms with Gasteiger partial charge in [-0.15, -0.1) is 19.7 Å². The summed E-state index contributed by atoms with van der Waals surface area (Å²) >= 11 is 0. The summed E-state index contributed by atoms with van der Waals surface area (Å²) in [5.74, 6) is 0. The van der Waals surface area contributed by atoms with Gasteiger partial charge in [-0.25, -0.2) is 0 Å². The van der Waals surface area contributed by atoms with Gasteiger partial charge in [-0.3, -0.25) is 0 Å². The lowest BCUT2D eigenvalue weighted by Crippen LogP contribution is -2.28. The van der Waals surface area contributed by atoms with E-state index in [2.05, 4.69) is 48.9 Å². The smallest absolute Gasteiger partial charge is 0.0447 e. The van der Waals surface area contributed by atoms with Gasteiger partial charge in [0, 0.05) is 24.4 Å². The van der Waals surface area contributed by atoms with Crippen LogP contribution in [0.4, 0.5) is 5.69 Å². The zero-order valence-corrected chi connectivity index (χ0v) is 11.4. The normalized spacial score (nSPS) is 14.0. The van der Waals surface area contributed by atoms with Crippen molar-refractivity contribution < 1.29 is 0 Å². The molecule has 0 bridgehead atoms. The van der Waals surface area contributed by atoms with E-state index in [1.807, 2.05) is 18.2 Å². The number of nitrogens with zero attached hydrogens (tertiary/aromatic N) is 1. The standard InChI is InChI=1S/C18H21N/c1-4-9-15-14-16-11-7-8-12-18(16)19(13-6-3)17(15)10-5-2/h4-8,11-12H,1-3,9-10,13-14H2. The summed E-state index contributed by atoms with van der Waals surface area (Å²) in [6.07, 6.45) is 8.76. The van der Waals surface area contributed by atoms with Crippen LogP contribution in [-0.4, -0.2) is 6.54 Å². The zero-order chi connectivity index (χ0) is 13.7. The lowest BCUT2D eigenvalue weighted by Gasteiger charge is -2.34. The van der Waals surface area contributed by atoms with Gasteiger partial charge in [0.15, 0.2) is 0 Å². The molecule has 0 amide bonds. The van der Waals surface area contributed by atoms with Gasteiger partial charge >= 0.3 is 0 Å². The molecule has 1 heteroatoms. The molecule has 19 heavy (non-hydrogen) atoms. The quantitative estimate of drug-likeness (QED) is 0.666. The van der Waals surface area contributed by atoms with Crippen LogP contribution < -0.4 is 4.90 Å². The molecule has 0 spiro atoms. The van der Waals surface area contributed by atoms with Gasteiger partial charge in [0.1, 0.15) is 0 Å². The van der Waals surface area contributed by atoms with Crippen LogP contribution in [0.1, 0.15) is 18.4 Å². The summed E-state index contributed by atoms with van der Waals surface area (Å²) in [7, 11) is 0. The minimum Gasteiger partial charge on any atom is -0.341 e. The molecule has 0 atom stereocenters. The molecule has 2 rings (SSSR count). The summed E-state index contributed by atoms with van der Waals surface area (Å²) in [5.41, 5.74) is 5.48. The molecule has 0 saturated carbocycles. The van der Waals surface area contributed by atoms with Crippen LogP contribution in [0.2, 0.25) is 0 Å². The molecule has 0 fully saturated rings. The summed E-state index contributed by atoms with van der Waals surface area (Å²) in [6.45, 7) is 12.5. The second kappa shape index (κ2) is 6.24. The van der Waals surface area contributed by atoms with Crippen LogP contribution in [0, 0.1) is 0 Å². The van der Waals surface area contributed by atoms with Crippen LogP contribution in [0.15, 0.2) is 73.5 Å². The van der Waals surface area contributed by atoms with Crippen LogP contribution in [-0.2, 0) is 6.42 Å². The van der Waals surface area contributed by atoms with Crippen molar-refractivity contribution in [2.75, 3.05) is 11.4 Å². The Balaban J connectivity index is 2.49. The van der Waals surface area contributed by atoms with Gasteiger partial charge in [-0.1, -0.05) is 36.4 Å². The summed E-state index contributed by atoms with van der Waals surface area (Å²) in [5, 5.41) is 0. The van der Waals surface area contributed by atoms with E-state index in [1.54, 1.807) is 0 Å². The molecular weight excluding hydrogens is 230 g/mol. The highest BCUT2D eigenvalue weighted by Crippen LogP contribution is 2.35. The van der Waals surface area contributed by atoms with Crippen LogP contribution in [0.25, 0.3) is 0 Å². The minimum atomic E-state index is 0.834. The molecule has 1 aliphatic rings. The molecule has 0 radical (unpaired) electrons. The average Bonchev–Trinajstić information content (AvgIpc) is 2.43. The Morgan fingerprint density at radius 1 is 1.00 bits per heavy atom. The molecule has 1 aliphatic heterocycles. The predicted molar refractivity (Wildman–Crippen MR) is 84.3 cm³/mol. The number of rotatable bonds is 6. The Morgan fingerprint density at radius 2 is 1.74 bits per heavy atom. The van der Waals surface area contributed by atoms with Crippen molar-refractivity contribution >= 4 is 5.69 Å². The Hall–Kier alpha value is -2.02. The van der Waals surface area contributed by atoms with Gasteiger partial charge < -0.3 is 4.90 Å². The highest BCUT2D eigenvalue weighted by Gasteiger charge is 2.22. The first-order chi connectivity index (χ1) is 9.31. The maximum Gasteiger partial charge on any atom is 0.0447 e. The van der Waals surface area contributed by atoms with E-state index in [4.69, 9.17) is 0 Å². The third kappa shape index (κ3) is 2.70. The molecule has 0 unspecified atom stereocenters. The highest BCUT2D eigenvalue weighted by atomic mass is 15.1. The van der Waals surface area contributed by atoms with Crippen LogP contribution in [0.3, 0.4) is 0 Å². The van der Waals surface area contributed by atoms with E-state index in [0.29, 0.717) is 0 Å². The molecule has 0 aliphatic carbocycles. The Bertz CT molecular complexity index is 522. The van der Waals surface area contributed by atoms with E-state index in [9.17, 15) is 0 Å². The van der Waals surface area contributed by atoms with E-state index >= 15 is 0 Å². The van der Waals surface area contributed by atoms with Crippen LogP contribution >= 0.6 is 0 Å². The van der Waals surface area contributed by atoms with Crippen molar-refractivity contribution in [2.24, 2.45) is 0 Å². The van der Waals surface area contributed by atoms with Gasteiger partial charge in [0.25, 0.3) is 0 Å². The fraction of sp³-hybridized carbons (Fsp3) is 0.222. The molecule has 0 aromatic heterocycles. The lowest BCUT2D eigenvalue weighted by molar-refractivity contribution is 0.859.